The molecule has 0 amide bonds. The van der Waals surface area contributed by atoms with E-state index in [1.165, 1.54) is 0 Å². The molecular formula is C19H22F2N4O. The van der Waals surface area contributed by atoms with Crippen LogP contribution in [-0.4, -0.2) is 32.7 Å². The fourth-order valence-electron chi connectivity index (χ4n) is 3.09. The number of nitrogens with zero attached hydrogens (tertiary/aromatic N) is 2. The maximum absolute atomic E-state index is 13.6. The number of methoxy groups -OCH3 is 1. The lowest BCUT2D eigenvalue weighted by molar-refractivity contribution is 0.414. The Morgan fingerprint density at radius 2 is 2.12 bits per heavy atom. The van der Waals surface area contributed by atoms with E-state index in [1.807, 2.05) is 24.3 Å². The maximum atomic E-state index is 13.6. The van der Waals surface area contributed by atoms with E-state index < -0.39 is 11.6 Å². The summed E-state index contributed by atoms with van der Waals surface area (Å²) >= 11 is 0. The number of benzene rings is 2. The topological polar surface area (TPSA) is 62.9 Å². The molecular weight excluding hydrogens is 338 g/mol. The molecule has 0 radical (unpaired) electrons. The Bertz CT molecular complexity index is 797. The van der Waals surface area contributed by atoms with E-state index in [0.29, 0.717) is 12.5 Å². The van der Waals surface area contributed by atoms with Crippen LogP contribution >= 0.6 is 0 Å². The van der Waals surface area contributed by atoms with Crippen molar-refractivity contribution in [2.24, 2.45) is 16.6 Å². The number of para-hydroxylation sites is 2. The highest BCUT2D eigenvalue weighted by atomic mass is 19.1. The molecule has 0 aliphatic carbocycles. The number of anilines is 2. The van der Waals surface area contributed by atoms with Crippen molar-refractivity contribution in [1.29, 1.82) is 0 Å². The van der Waals surface area contributed by atoms with Gasteiger partial charge in [-0.3, -0.25) is 4.99 Å². The molecule has 26 heavy (non-hydrogen) atoms. The lowest BCUT2D eigenvalue weighted by Crippen LogP contribution is -2.25. The highest BCUT2D eigenvalue weighted by Crippen LogP contribution is 2.32. The predicted octanol–water partition coefficient (Wildman–Crippen LogP) is 3.23. The Hall–Kier alpha value is -2.83. The highest BCUT2D eigenvalue weighted by Gasteiger charge is 2.24. The molecule has 1 aliphatic rings. The summed E-state index contributed by atoms with van der Waals surface area (Å²) in [6.45, 7) is 2.26. The molecule has 138 valence electrons. The van der Waals surface area contributed by atoms with Crippen LogP contribution in [0, 0.1) is 17.6 Å². The lowest BCUT2D eigenvalue weighted by atomic mass is 10.1. The van der Waals surface area contributed by atoms with E-state index in [0.717, 1.165) is 49.1 Å². The van der Waals surface area contributed by atoms with Gasteiger partial charge in [-0.1, -0.05) is 12.1 Å². The Labute approximate surface area is 151 Å². The smallest absolute Gasteiger partial charge is 0.193 e. The van der Waals surface area contributed by atoms with Gasteiger partial charge >= 0.3 is 0 Å². The van der Waals surface area contributed by atoms with Crippen LogP contribution < -0.4 is 20.7 Å². The van der Waals surface area contributed by atoms with Gasteiger partial charge in [-0.25, -0.2) is 8.78 Å². The van der Waals surface area contributed by atoms with Gasteiger partial charge in [-0.05, 0) is 36.6 Å². The zero-order chi connectivity index (χ0) is 18.5. The first kappa shape index (κ1) is 18.0. The van der Waals surface area contributed by atoms with Crippen LogP contribution in [0.25, 0.3) is 0 Å². The molecule has 1 fully saturated rings. The van der Waals surface area contributed by atoms with E-state index in [2.05, 4.69) is 15.2 Å². The number of rotatable bonds is 5. The summed E-state index contributed by atoms with van der Waals surface area (Å²) in [6.07, 6.45) is 0.975. The van der Waals surface area contributed by atoms with Crippen LogP contribution in [0.3, 0.4) is 0 Å². The summed E-state index contributed by atoms with van der Waals surface area (Å²) in [6, 6.07) is 11.1. The third-order valence-electron chi connectivity index (χ3n) is 4.42. The van der Waals surface area contributed by atoms with Crippen molar-refractivity contribution in [3.05, 3.63) is 54.1 Å². The summed E-state index contributed by atoms with van der Waals surface area (Å²) in [5, 5.41) is 2.62. The zero-order valence-electron chi connectivity index (χ0n) is 14.6. The van der Waals surface area contributed by atoms with Gasteiger partial charge in [0.15, 0.2) is 5.96 Å². The third kappa shape index (κ3) is 4.22. The second-order valence-electron chi connectivity index (χ2n) is 6.25. The van der Waals surface area contributed by atoms with Crippen molar-refractivity contribution in [3.8, 4) is 5.75 Å². The van der Waals surface area contributed by atoms with E-state index in [4.69, 9.17) is 10.5 Å². The van der Waals surface area contributed by atoms with Crippen LogP contribution in [0.5, 0.6) is 5.75 Å². The molecule has 3 N–H and O–H groups in total. The summed E-state index contributed by atoms with van der Waals surface area (Å²) < 4.78 is 32.2. The van der Waals surface area contributed by atoms with Gasteiger partial charge in [-0.2, -0.15) is 0 Å². The predicted molar refractivity (Wildman–Crippen MR) is 99.8 cm³/mol. The van der Waals surface area contributed by atoms with Gasteiger partial charge in [0, 0.05) is 25.7 Å². The average Bonchev–Trinajstić information content (AvgIpc) is 3.12. The molecule has 1 heterocycles. The molecule has 0 saturated carbocycles. The molecule has 5 nitrogen and oxygen atoms in total. The summed E-state index contributed by atoms with van der Waals surface area (Å²) in [5.74, 6) is 0.139. The van der Waals surface area contributed by atoms with Crippen LogP contribution in [0.4, 0.5) is 20.2 Å². The van der Waals surface area contributed by atoms with E-state index >= 15 is 0 Å². The minimum Gasteiger partial charge on any atom is -0.495 e. The van der Waals surface area contributed by atoms with Crippen molar-refractivity contribution < 1.29 is 13.5 Å². The second-order valence-corrected chi connectivity index (χ2v) is 6.25. The fraction of sp³-hybridized carbons (Fsp3) is 0.316. The molecule has 3 rings (SSSR count). The third-order valence-corrected chi connectivity index (χ3v) is 4.42. The highest BCUT2D eigenvalue weighted by molar-refractivity contribution is 5.92. The SMILES string of the molecule is COc1ccccc1N1CCC(CN=C(N)Nc2cc(F)ccc2F)C1. The molecule has 2 aromatic carbocycles. The minimum atomic E-state index is -0.576. The van der Waals surface area contributed by atoms with Crippen molar-refractivity contribution in [1.82, 2.24) is 0 Å². The van der Waals surface area contributed by atoms with Crippen LogP contribution in [-0.2, 0) is 0 Å². The van der Waals surface area contributed by atoms with Crippen molar-refractivity contribution >= 4 is 17.3 Å². The van der Waals surface area contributed by atoms with E-state index in [1.54, 1.807) is 7.11 Å². The quantitative estimate of drug-likeness (QED) is 0.635. The number of hydrogen-bond donors (Lipinski definition) is 2. The van der Waals surface area contributed by atoms with Gasteiger partial charge in [0.1, 0.15) is 17.4 Å². The number of nitrogens with two attached hydrogens (primary N) is 1. The zero-order valence-corrected chi connectivity index (χ0v) is 14.6. The molecule has 1 aliphatic heterocycles. The molecule has 1 atom stereocenters. The summed E-state index contributed by atoms with van der Waals surface area (Å²) in [5.41, 5.74) is 6.85. The normalized spacial score (nSPS) is 17.4. The number of aliphatic imine (C=N–C) groups is 1. The monoisotopic (exact) mass is 360 g/mol. The molecule has 7 heteroatoms. The van der Waals surface area contributed by atoms with E-state index in [-0.39, 0.29) is 11.6 Å². The Morgan fingerprint density at radius 3 is 2.92 bits per heavy atom. The number of ether oxygens (including phenoxy) is 1. The largest absolute Gasteiger partial charge is 0.495 e. The standard InChI is InChI=1S/C19H22F2N4O/c1-26-18-5-3-2-4-17(18)25-9-8-13(12-25)11-23-19(22)24-16-10-14(20)6-7-15(16)21/h2-7,10,13H,8-9,11-12H2,1H3,(H3,22,23,24). The summed E-state index contributed by atoms with van der Waals surface area (Å²) in [4.78, 5) is 6.54. The van der Waals surface area contributed by atoms with Crippen LogP contribution in [0.1, 0.15) is 6.42 Å². The first-order chi connectivity index (χ1) is 12.6. The Morgan fingerprint density at radius 1 is 1.31 bits per heavy atom. The molecule has 0 spiro atoms. The van der Waals surface area contributed by atoms with Crippen LogP contribution in [0.15, 0.2) is 47.5 Å². The van der Waals surface area contributed by atoms with Gasteiger partial charge < -0.3 is 20.7 Å². The van der Waals surface area contributed by atoms with Crippen molar-refractivity contribution in [2.45, 2.75) is 6.42 Å². The molecule has 1 unspecified atom stereocenters. The van der Waals surface area contributed by atoms with Gasteiger partial charge in [0.25, 0.3) is 0 Å². The molecule has 0 aromatic heterocycles. The van der Waals surface area contributed by atoms with Gasteiger partial charge in [0.2, 0.25) is 0 Å². The van der Waals surface area contributed by atoms with Crippen molar-refractivity contribution in [3.63, 3.8) is 0 Å². The summed E-state index contributed by atoms with van der Waals surface area (Å²) in [7, 11) is 1.66. The average molecular weight is 360 g/mol. The lowest BCUT2D eigenvalue weighted by Gasteiger charge is -2.21. The second kappa shape index (κ2) is 8.03. The first-order valence-corrected chi connectivity index (χ1v) is 8.47. The van der Waals surface area contributed by atoms with Gasteiger partial charge in [-0.15, -0.1) is 0 Å². The first-order valence-electron chi connectivity index (χ1n) is 8.47. The molecule has 0 bridgehead atoms. The molecule has 2 aromatic rings. The van der Waals surface area contributed by atoms with Crippen molar-refractivity contribution in [2.75, 3.05) is 37.0 Å². The minimum absolute atomic E-state index is 0.0201. The fourth-order valence-corrected chi connectivity index (χ4v) is 3.09. The number of guanidine groups is 1. The number of hydrogen-bond acceptors (Lipinski definition) is 3. The number of nitrogens with one attached hydrogen (secondary N) is 1. The maximum Gasteiger partial charge on any atom is 0.193 e. The van der Waals surface area contributed by atoms with Gasteiger partial charge in [0.05, 0.1) is 18.5 Å². The van der Waals surface area contributed by atoms with E-state index in [9.17, 15) is 8.78 Å². The number of halogens is 2. The Kier molecular flexibility index (Phi) is 5.55. The van der Waals surface area contributed by atoms with Crippen LogP contribution in [0.2, 0.25) is 0 Å². The molecule has 1 saturated heterocycles. The Balaban J connectivity index is 1.58.